The lowest BCUT2D eigenvalue weighted by molar-refractivity contribution is 0.352. The second kappa shape index (κ2) is 3.28. The van der Waals surface area contributed by atoms with Crippen molar-refractivity contribution in [2.45, 2.75) is 6.92 Å². The van der Waals surface area contributed by atoms with E-state index in [9.17, 15) is 0 Å². The van der Waals surface area contributed by atoms with Crippen LogP contribution in [-0.2, 0) is 0 Å². The van der Waals surface area contributed by atoms with E-state index in [1.54, 1.807) is 14.2 Å². The van der Waals surface area contributed by atoms with E-state index in [2.05, 4.69) is 6.07 Å². The molecular formula is C9H11O2. The molecule has 1 rings (SSSR count). The Morgan fingerprint density at radius 2 is 2.00 bits per heavy atom. The third kappa shape index (κ3) is 1.45. The molecule has 0 fully saturated rings. The highest BCUT2D eigenvalue weighted by Gasteiger charge is 2.04. The minimum Gasteiger partial charge on any atom is -0.493 e. The van der Waals surface area contributed by atoms with Crippen molar-refractivity contribution in [1.29, 1.82) is 0 Å². The number of methoxy groups -OCH3 is 2. The molecule has 0 unspecified atom stereocenters. The van der Waals surface area contributed by atoms with Crippen LogP contribution in [0.5, 0.6) is 11.5 Å². The minimum absolute atomic E-state index is 0.660. The Morgan fingerprint density at radius 3 is 2.45 bits per heavy atom. The molecule has 0 spiro atoms. The van der Waals surface area contributed by atoms with E-state index in [4.69, 9.17) is 9.47 Å². The topological polar surface area (TPSA) is 18.5 Å². The zero-order valence-corrected chi connectivity index (χ0v) is 6.97. The van der Waals surface area contributed by atoms with Gasteiger partial charge in [0, 0.05) is 6.07 Å². The molecule has 0 amide bonds. The maximum absolute atomic E-state index is 5.11. The lowest BCUT2D eigenvalue weighted by Gasteiger charge is -2.08. The predicted octanol–water partition coefficient (Wildman–Crippen LogP) is 1.81. The van der Waals surface area contributed by atoms with Crippen molar-refractivity contribution in [3.05, 3.63) is 23.8 Å². The lowest BCUT2D eigenvalue weighted by Crippen LogP contribution is -1.92. The summed E-state index contributed by atoms with van der Waals surface area (Å²) in [5.74, 6) is 1.42. The largest absolute Gasteiger partial charge is 0.493 e. The smallest absolute Gasteiger partial charge is 0.168 e. The van der Waals surface area contributed by atoms with Crippen LogP contribution in [0.4, 0.5) is 0 Å². The quantitative estimate of drug-likeness (QED) is 0.641. The molecule has 1 radical (unpaired) electrons. The molecule has 0 aliphatic carbocycles. The third-order valence-electron chi connectivity index (χ3n) is 1.52. The Kier molecular flexibility index (Phi) is 2.36. The second-order valence-electron chi connectivity index (χ2n) is 2.23. The van der Waals surface area contributed by atoms with Crippen LogP contribution in [0.15, 0.2) is 12.1 Å². The number of hydrogen-bond acceptors (Lipinski definition) is 2. The Hall–Kier alpha value is -1.18. The van der Waals surface area contributed by atoms with Crippen LogP contribution in [0.2, 0.25) is 0 Å². The molecule has 11 heavy (non-hydrogen) atoms. The third-order valence-corrected chi connectivity index (χ3v) is 1.52. The highest BCUT2D eigenvalue weighted by molar-refractivity contribution is 5.44. The van der Waals surface area contributed by atoms with Gasteiger partial charge in [-0.1, -0.05) is 6.07 Å². The molecule has 0 saturated heterocycles. The van der Waals surface area contributed by atoms with Gasteiger partial charge in [-0.3, -0.25) is 0 Å². The van der Waals surface area contributed by atoms with E-state index in [1.165, 1.54) is 0 Å². The van der Waals surface area contributed by atoms with E-state index >= 15 is 0 Å². The van der Waals surface area contributed by atoms with Crippen molar-refractivity contribution in [2.75, 3.05) is 14.2 Å². The Balaban J connectivity index is 3.13. The van der Waals surface area contributed by atoms with E-state index in [0.29, 0.717) is 5.75 Å². The molecule has 0 aliphatic heterocycles. The molecule has 1 aromatic carbocycles. The van der Waals surface area contributed by atoms with Crippen LogP contribution < -0.4 is 9.47 Å². The van der Waals surface area contributed by atoms with E-state index in [1.807, 2.05) is 19.1 Å². The van der Waals surface area contributed by atoms with Crippen molar-refractivity contribution < 1.29 is 9.47 Å². The van der Waals surface area contributed by atoms with E-state index in [-0.39, 0.29) is 0 Å². The minimum atomic E-state index is 0.660. The predicted molar refractivity (Wildman–Crippen MR) is 43.1 cm³/mol. The van der Waals surface area contributed by atoms with Gasteiger partial charge in [-0.25, -0.2) is 0 Å². The van der Waals surface area contributed by atoms with E-state index < -0.39 is 0 Å². The van der Waals surface area contributed by atoms with Gasteiger partial charge >= 0.3 is 0 Å². The molecule has 0 aliphatic rings. The zero-order valence-electron chi connectivity index (χ0n) is 6.97. The van der Waals surface area contributed by atoms with Gasteiger partial charge < -0.3 is 9.47 Å². The monoisotopic (exact) mass is 151 g/mol. The Morgan fingerprint density at radius 1 is 1.27 bits per heavy atom. The van der Waals surface area contributed by atoms with Crippen molar-refractivity contribution in [3.8, 4) is 11.5 Å². The molecule has 59 valence electrons. The van der Waals surface area contributed by atoms with Gasteiger partial charge in [-0.2, -0.15) is 0 Å². The molecule has 0 atom stereocenters. The molecule has 0 bridgehead atoms. The maximum atomic E-state index is 5.11. The number of hydrogen-bond donors (Lipinski definition) is 0. The summed E-state index contributed by atoms with van der Waals surface area (Å²) >= 11 is 0. The van der Waals surface area contributed by atoms with Crippen LogP contribution in [-0.4, -0.2) is 14.2 Å². The molecule has 2 heteroatoms. The van der Waals surface area contributed by atoms with Gasteiger partial charge in [-0.15, -0.1) is 0 Å². The standard InChI is InChI=1S/C9H11O2/c1-7-5-4-6-8(10-2)9(7)11-3/h4-5H,1-3H3. The average molecular weight is 151 g/mol. The fraction of sp³-hybridized carbons (Fsp3) is 0.333. The first-order valence-corrected chi connectivity index (χ1v) is 3.39. The van der Waals surface area contributed by atoms with Crippen molar-refractivity contribution in [2.24, 2.45) is 0 Å². The van der Waals surface area contributed by atoms with Crippen molar-refractivity contribution >= 4 is 0 Å². The summed E-state index contributed by atoms with van der Waals surface area (Å²) in [5, 5.41) is 0. The Bertz CT molecular complexity index is 243. The lowest BCUT2D eigenvalue weighted by atomic mass is 10.2. The maximum Gasteiger partial charge on any atom is 0.168 e. The summed E-state index contributed by atoms with van der Waals surface area (Å²) in [7, 11) is 3.23. The average Bonchev–Trinajstić information content (AvgIpc) is 2.04. The summed E-state index contributed by atoms with van der Waals surface area (Å²) in [5.41, 5.74) is 1.06. The molecule has 1 aromatic rings. The molecule has 0 aromatic heterocycles. The first-order chi connectivity index (χ1) is 5.29. The molecular weight excluding hydrogens is 140 g/mol. The van der Waals surface area contributed by atoms with Gasteiger partial charge in [0.05, 0.1) is 14.2 Å². The number of aryl methyl sites for hydroxylation is 1. The second-order valence-corrected chi connectivity index (χ2v) is 2.23. The Labute approximate surface area is 66.8 Å². The van der Waals surface area contributed by atoms with Crippen LogP contribution in [0.25, 0.3) is 0 Å². The fourth-order valence-electron chi connectivity index (χ4n) is 0.968. The summed E-state index contributed by atoms with van der Waals surface area (Å²) < 4.78 is 10.1. The molecule has 0 saturated carbocycles. The van der Waals surface area contributed by atoms with E-state index in [0.717, 1.165) is 11.3 Å². The zero-order chi connectivity index (χ0) is 8.27. The number of rotatable bonds is 2. The molecule has 0 N–H and O–H groups in total. The van der Waals surface area contributed by atoms with Gasteiger partial charge in [-0.05, 0) is 18.6 Å². The summed E-state index contributed by atoms with van der Waals surface area (Å²) in [6, 6.07) is 6.68. The summed E-state index contributed by atoms with van der Waals surface area (Å²) in [6.07, 6.45) is 0. The summed E-state index contributed by atoms with van der Waals surface area (Å²) in [6.45, 7) is 1.97. The first-order valence-electron chi connectivity index (χ1n) is 3.39. The van der Waals surface area contributed by atoms with Crippen LogP contribution in [0.3, 0.4) is 0 Å². The highest BCUT2D eigenvalue weighted by Crippen LogP contribution is 2.28. The van der Waals surface area contributed by atoms with Gasteiger partial charge in [0.25, 0.3) is 0 Å². The first kappa shape index (κ1) is 7.92. The van der Waals surface area contributed by atoms with Crippen molar-refractivity contribution in [1.82, 2.24) is 0 Å². The number of ether oxygens (including phenoxy) is 2. The SMILES string of the molecule is COc1[c]ccc(C)c1OC. The van der Waals surface area contributed by atoms with Crippen molar-refractivity contribution in [3.63, 3.8) is 0 Å². The van der Waals surface area contributed by atoms with Gasteiger partial charge in [0.2, 0.25) is 0 Å². The summed E-state index contributed by atoms with van der Waals surface area (Å²) in [4.78, 5) is 0. The van der Waals surface area contributed by atoms with Gasteiger partial charge in [0.1, 0.15) is 0 Å². The number of benzene rings is 1. The van der Waals surface area contributed by atoms with Crippen LogP contribution >= 0.6 is 0 Å². The van der Waals surface area contributed by atoms with Crippen LogP contribution in [0.1, 0.15) is 5.56 Å². The highest BCUT2D eigenvalue weighted by atomic mass is 16.5. The molecule has 0 heterocycles. The van der Waals surface area contributed by atoms with Gasteiger partial charge in [0.15, 0.2) is 11.5 Å². The fourth-order valence-corrected chi connectivity index (χ4v) is 0.968. The van der Waals surface area contributed by atoms with Crippen LogP contribution in [0, 0.1) is 13.0 Å². The molecule has 2 nitrogen and oxygen atoms in total. The normalized spacial score (nSPS) is 9.36.